The summed E-state index contributed by atoms with van der Waals surface area (Å²) >= 11 is 1.56. The molecule has 0 aliphatic heterocycles. The van der Waals surface area contributed by atoms with E-state index >= 15 is 0 Å². The maximum absolute atomic E-state index is 5.92. The lowest BCUT2D eigenvalue weighted by Gasteiger charge is -1.91. The van der Waals surface area contributed by atoms with Gasteiger partial charge in [-0.15, -0.1) is 11.3 Å². The molecule has 0 aliphatic rings. The van der Waals surface area contributed by atoms with Gasteiger partial charge < -0.3 is 15.0 Å². The van der Waals surface area contributed by atoms with Crippen molar-refractivity contribution in [3.8, 4) is 11.5 Å². The molecule has 0 radical (unpaired) electrons. The summed E-state index contributed by atoms with van der Waals surface area (Å²) in [7, 11) is 1.64. The minimum atomic E-state index is 0.490. The van der Waals surface area contributed by atoms with E-state index in [0.717, 1.165) is 17.0 Å². The first kappa shape index (κ1) is 12.1. The Morgan fingerprint density at radius 3 is 3.00 bits per heavy atom. The van der Waals surface area contributed by atoms with E-state index in [-0.39, 0.29) is 0 Å². The molecule has 2 heterocycles. The van der Waals surface area contributed by atoms with Crippen molar-refractivity contribution in [2.75, 3.05) is 19.5 Å². The molecule has 17 heavy (non-hydrogen) atoms. The van der Waals surface area contributed by atoms with Gasteiger partial charge in [0.2, 0.25) is 0 Å². The van der Waals surface area contributed by atoms with Crippen LogP contribution in [0.5, 0.6) is 0 Å². The van der Waals surface area contributed by atoms with Gasteiger partial charge >= 0.3 is 0 Å². The Balaban J connectivity index is 2.20. The monoisotopic (exact) mass is 253 g/mol. The molecule has 6 heteroatoms. The first-order valence-corrected chi connectivity index (χ1v) is 6.26. The Bertz CT molecular complexity index is 493. The molecule has 0 unspecified atom stereocenters. The van der Waals surface area contributed by atoms with E-state index in [1.54, 1.807) is 18.4 Å². The molecule has 5 nitrogen and oxygen atoms in total. The molecule has 2 N–H and O–H groups in total. The number of thiophene rings is 1. The first-order valence-electron chi connectivity index (χ1n) is 5.44. The zero-order valence-electron chi connectivity index (χ0n) is 9.90. The van der Waals surface area contributed by atoms with Crippen LogP contribution in [0.15, 0.2) is 10.6 Å². The van der Waals surface area contributed by atoms with E-state index in [0.29, 0.717) is 24.7 Å². The summed E-state index contributed by atoms with van der Waals surface area (Å²) in [6.07, 6.45) is 1.60. The molecular weight excluding hydrogens is 238 g/mol. The number of nitrogens with two attached hydrogens (primary N) is 1. The van der Waals surface area contributed by atoms with Crippen molar-refractivity contribution in [3.63, 3.8) is 0 Å². The van der Waals surface area contributed by atoms with Gasteiger partial charge in [0, 0.05) is 18.4 Å². The summed E-state index contributed by atoms with van der Waals surface area (Å²) in [6.45, 7) is 2.67. The fourth-order valence-corrected chi connectivity index (χ4v) is 2.32. The highest BCUT2D eigenvalue weighted by atomic mass is 32.1. The summed E-state index contributed by atoms with van der Waals surface area (Å²) in [4.78, 5) is 5.51. The zero-order chi connectivity index (χ0) is 12.3. The molecule has 2 rings (SSSR count). The largest absolute Gasteiger partial charge is 0.390 e. The third-order valence-electron chi connectivity index (χ3n) is 2.39. The number of ether oxygens (including phenoxy) is 1. The fourth-order valence-electron chi connectivity index (χ4n) is 1.46. The SMILES string of the molecule is CCc1cc(-c2nc(CCOC)no2)c(N)s1. The second kappa shape index (κ2) is 5.29. The van der Waals surface area contributed by atoms with E-state index in [9.17, 15) is 0 Å². The highest BCUT2D eigenvalue weighted by molar-refractivity contribution is 7.16. The molecule has 0 aromatic carbocycles. The number of anilines is 1. The number of aromatic nitrogens is 2. The minimum absolute atomic E-state index is 0.490. The molecule has 0 fully saturated rings. The van der Waals surface area contributed by atoms with Gasteiger partial charge in [-0.25, -0.2) is 0 Å². The lowest BCUT2D eigenvalue weighted by atomic mass is 10.2. The number of nitrogen functional groups attached to an aromatic ring is 1. The van der Waals surface area contributed by atoms with Crippen molar-refractivity contribution in [2.24, 2.45) is 0 Å². The van der Waals surface area contributed by atoms with Crippen molar-refractivity contribution in [2.45, 2.75) is 19.8 Å². The number of aryl methyl sites for hydroxylation is 1. The number of rotatable bonds is 5. The third kappa shape index (κ3) is 2.65. The predicted octanol–water partition coefficient (Wildman–Crippen LogP) is 2.13. The summed E-state index contributed by atoms with van der Waals surface area (Å²) in [5, 5.41) is 4.61. The van der Waals surface area contributed by atoms with Crippen LogP contribution >= 0.6 is 11.3 Å². The van der Waals surface area contributed by atoms with Gasteiger partial charge in [-0.05, 0) is 12.5 Å². The Hall–Kier alpha value is -1.40. The molecule has 0 saturated carbocycles. The van der Waals surface area contributed by atoms with Crippen LogP contribution in [0.25, 0.3) is 11.5 Å². The van der Waals surface area contributed by atoms with Crippen molar-refractivity contribution in [3.05, 3.63) is 16.8 Å². The normalized spacial score (nSPS) is 10.9. The minimum Gasteiger partial charge on any atom is -0.390 e. The van der Waals surface area contributed by atoms with E-state index in [1.165, 1.54) is 4.88 Å². The predicted molar refractivity (Wildman–Crippen MR) is 67.0 cm³/mol. The highest BCUT2D eigenvalue weighted by Gasteiger charge is 2.14. The fraction of sp³-hybridized carbons (Fsp3) is 0.455. The van der Waals surface area contributed by atoms with Crippen LogP contribution < -0.4 is 5.73 Å². The Labute approximate surface area is 104 Å². The zero-order valence-corrected chi connectivity index (χ0v) is 10.7. The Morgan fingerprint density at radius 2 is 2.35 bits per heavy atom. The first-order chi connectivity index (χ1) is 8.24. The van der Waals surface area contributed by atoms with Crippen LogP contribution in [-0.2, 0) is 17.6 Å². The quantitative estimate of drug-likeness (QED) is 0.883. The van der Waals surface area contributed by atoms with Crippen LogP contribution in [0, 0.1) is 0 Å². The van der Waals surface area contributed by atoms with Gasteiger partial charge in [-0.2, -0.15) is 4.98 Å². The van der Waals surface area contributed by atoms with Crippen LogP contribution in [0.1, 0.15) is 17.6 Å². The molecule has 0 aliphatic carbocycles. The molecule has 0 atom stereocenters. The van der Waals surface area contributed by atoms with E-state index in [1.807, 2.05) is 6.07 Å². The van der Waals surface area contributed by atoms with Crippen molar-refractivity contribution < 1.29 is 9.26 Å². The molecule has 0 bridgehead atoms. The van der Waals surface area contributed by atoms with Crippen molar-refractivity contribution in [1.29, 1.82) is 0 Å². The maximum atomic E-state index is 5.92. The third-order valence-corrected chi connectivity index (χ3v) is 3.50. The van der Waals surface area contributed by atoms with Crippen LogP contribution in [-0.4, -0.2) is 23.9 Å². The molecule has 0 saturated heterocycles. The van der Waals surface area contributed by atoms with Gasteiger partial charge in [-0.3, -0.25) is 0 Å². The van der Waals surface area contributed by atoms with Crippen molar-refractivity contribution >= 4 is 16.3 Å². The molecular formula is C11H15N3O2S. The summed E-state index contributed by atoms with van der Waals surface area (Å²) in [5.74, 6) is 1.13. The molecule has 0 amide bonds. The smallest absolute Gasteiger partial charge is 0.260 e. The van der Waals surface area contributed by atoms with Gasteiger partial charge in [0.25, 0.3) is 5.89 Å². The second-order valence-corrected chi connectivity index (χ2v) is 4.77. The Kier molecular flexibility index (Phi) is 3.75. The molecule has 92 valence electrons. The average Bonchev–Trinajstić information content (AvgIpc) is 2.92. The number of hydrogen-bond acceptors (Lipinski definition) is 6. The maximum Gasteiger partial charge on any atom is 0.260 e. The lowest BCUT2D eigenvalue weighted by Crippen LogP contribution is -1.96. The highest BCUT2D eigenvalue weighted by Crippen LogP contribution is 2.33. The van der Waals surface area contributed by atoms with Gasteiger partial charge in [0.1, 0.15) is 0 Å². The molecule has 2 aromatic rings. The molecule has 2 aromatic heterocycles. The summed E-state index contributed by atoms with van der Waals surface area (Å²) < 4.78 is 10.2. The standard InChI is InChI=1S/C11H15N3O2S/c1-3-7-6-8(10(12)17-7)11-13-9(14-16-11)4-5-15-2/h6H,3-5,12H2,1-2H3. The summed E-state index contributed by atoms with van der Waals surface area (Å²) in [5.41, 5.74) is 6.76. The average molecular weight is 253 g/mol. The van der Waals surface area contributed by atoms with E-state index in [2.05, 4.69) is 17.1 Å². The lowest BCUT2D eigenvalue weighted by molar-refractivity contribution is 0.199. The number of hydrogen-bond donors (Lipinski definition) is 1. The number of nitrogens with zero attached hydrogens (tertiary/aromatic N) is 2. The van der Waals surface area contributed by atoms with Crippen LogP contribution in [0.3, 0.4) is 0 Å². The van der Waals surface area contributed by atoms with Crippen molar-refractivity contribution in [1.82, 2.24) is 10.1 Å². The number of methoxy groups -OCH3 is 1. The van der Waals surface area contributed by atoms with Crippen LogP contribution in [0.2, 0.25) is 0 Å². The Morgan fingerprint density at radius 1 is 1.53 bits per heavy atom. The topological polar surface area (TPSA) is 74.2 Å². The second-order valence-electron chi connectivity index (χ2n) is 3.60. The van der Waals surface area contributed by atoms with Gasteiger partial charge in [0.05, 0.1) is 17.2 Å². The summed E-state index contributed by atoms with van der Waals surface area (Å²) in [6, 6.07) is 2.01. The van der Waals surface area contributed by atoms with E-state index in [4.69, 9.17) is 15.0 Å². The van der Waals surface area contributed by atoms with Crippen LogP contribution in [0.4, 0.5) is 5.00 Å². The van der Waals surface area contributed by atoms with E-state index < -0.39 is 0 Å². The van der Waals surface area contributed by atoms with Gasteiger partial charge in [-0.1, -0.05) is 12.1 Å². The molecule has 0 spiro atoms. The van der Waals surface area contributed by atoms with Gasteiger partial charge in [0.15, 0.2) is 5.82 Å².